The summed E-state index contributed by atoms with van der Waals surface area (Å²) >= 11 is 0. The number of ether oxygens (including phenoxy) is 2. The van der Waals surface area contributed by atoms with Gasteiger partial charge in [0, 0.05) is 0 Å². The molecule has 0 bridgehead atoms. The highest BCUT2D eigenvalue weighted by molar-refractivity contribution is 5.46. The quantitative estimate of drug-likeness (QED) is 0.849. The molecule has 3 heteroatoms. The Morgan fingerprint density at radius 1 is 1.31 bits per heavy atom. The van der Waals surface area contributed by atoms with Crippen LogP contribution in [0, 0.1) is 5.92 Å². The first-order valence-corrected chi connectivity index (χ1v) is 5.60. The molecule has 1 fully saturated rings. The van der Waals surface area contributed by atoms with Gasteiger partial charge in [-0.2, -0.15) is 0 Å². The lowest BCUT2D eigenvalue weighted by molar-refractivity contribution is 0.130. The van der Waals surface area contributed by atoms with Gasteiger partial charge in [-0.15, -0.1) is 0 Å². The van der Waals surface area contributed by atoms with Crippen molar-refractivity contribution >= 4 is 0 Å². The van der Waals surface area contributed by atoms with Crippen molar-refractivity contribution in [2.24, 2.45) is 5.92 Å². The Bertz CT molecular complexity index is 389. The summed E-state index contributed by atoms with van der Waals surface area (Å²) in [5, 5.41) is 10.3. The fourth-order valence-electron chi connectivity index (χ4n) is 2.26. The topological polar surface area (TPSA) is 38.7 Å². The van der Waals surface area contributed by atoms with Crippen molar-refractivity contribution in [3.8, 4) is 11.5 Å². The number of rotatable bonds is 4. The molecule has 2 rings (SSSR count). The fourth-order valence-corrected chi connectivity index (χ4v) is 2.26. The van der Waals surface area contributed by atoms with Crippen molar-refractivity contribution in [2.75, 3.05) is 14.2 Å². The van der Waals surface area contributed by atoms with E-state index in [-0.39, 0.29) is 0 Å². The Balaban J connectivity index is 2.30. The van der Waals surface area contributed by atoms with E-state index in [1.165, 1.54) is 0 Å². The van der Waals surface area contributed by atoms with Gasteiger partial charge in [0.15, 0.2) is 11.5 Å². The zero-order valence-electron chi connectivity index (χ0n) is 9.99. The van der Waals surface area contributed by atoms with Crippen LogP contribution in [0.3, 0.4) is 0 Å². The summed E-state index contributed by atoms with van der Waals surface area (Å²) in [4.78, 5) is 0. The van der Waals surface area contributed by atoms with Gasteiger partial charge in [0.1, 0.15) is 0 Å². The van der Waals surface area contributed by atoms with E-state index in [9.17, 15) is 5.11 Å². The van der Waals surface area contributed by atoms with Gasteiger partial charge in [0.2, 0.25) is 0 Å². The Kier molecular flexibility index (Phi) is 2.80. The summed E-state index contributed by atoms with van der Waals surface area (Å²) in [6.07, 6.45) is 1.85. The lowest BCUT2D eigenvalue weighted by Gasteiger charge is -2.14. The molecule has 88 valence electrons. The van der Waals surface area contributed by atoms with Crippen LogP contribution in [-0.2, 0) is 5.60 Å². The van der Waals surface area contributed by atoms with E-state index < -0.39 is 5.60 Å². The summed E-state index contributed by atoms with van der Waals surface area (Å²) in [7, 11) is 3.22. The predicted octanol–water partition coefficient (Wildman–Crippen LogP) is 2.32. The summed E-state index contributed by atoms with van der Waals surface area (Å²) in [5.74, 6) is 1.75. The third-order valence-corrected chi connectivity index (χ3v) is 3.45. The van der Waals surface area contributed by atoms with Crippen LogP contribution in [0.4, 0.5) is 0 Å². The number of aliphatic hydroxyl groups is 1. The maximum Gasteiger partial charge on any atom is 0.161 e. The van der Waals surface area contributed by atoms with Gasteiger partial charge >= 0.3 is 0 Å². The second-order valence-electron chi connectivity index (χ2n) is 4.30. The molecule has 0 amide bonds. The number of hydrogen-bond donors (Lipinski definition) is 1. The molecule has 1 aromatic carbocycles. The van der Waals surface area contributed by atoms with Crippen molar-refractivity contribution in [3.05, 3.63) is 23.8 Å². The third kappa shape index (κ3) is 1.65. The van der Waals surface area contributed by atoms with Crippen LogP contribution in [0.5, 0.6) is 11.5 Å². The highest BCUT2D eigenvalue weighted by Crippen LogP contribution is 2.54. The molecule has 0 aromatic heterocycles. The highest BCUT2D eigenvalue weighted by Gasteiger charge is 2.52. The van der Waals surface area contributed by atoms with Crippen LogP contribution in [0.2, 0.25) is 0 Å². The smallest absolute Gasteiger partial charge is 0.161 e. The molecule has 0 heterocycles. The van der Waals surface area contributed by atoms with E-state index in [1.54, 1.807) is 14.2 Å². The normalized spacial score (nSPS) is 27.6. The van der Waals surface area contributed by atoms with Gasteiger partial charge in [-0.05, 0) is 30.0 Å². The number of hydrogen-bond acceptors (Lipinski definition) is 3. The SMILES string of the molecule is CCC1CC1(O)c1ccc(OC)c(OC)c1. The van der Waals surface area contributed by atoms with Crippen molar-refractivity contribution in [3.63, 3.8) is 0 Å². The molecule has 2 atom stereocenters. The van der Waals surface area contributed by atoms with E-state index >= 15 is 0 Å². The maximum absolute atomic E-state index is 10.3. The van der Waals surface area contributed by atoms with Crippen LogP contribution >= 0.6 is 0 Å². The molecule has 3 nitrogen and oxygen atoms in total. The number of methoxy groups -OCH3 is 2. The second kappa shape index (κ2) is 3.98. The molecule has 0 aliphatic heterocycles. The van der Waals surface area contributed by atoms with E-state index in [0.29, 0.717) is 17.4 Å². The zero-order chi connectivity index (χ0) is 11.8. The molecular formula is C13H18O3. The first-order valence-electron chi connectivity index (χ1n) is 5.60. The minimum Gasteiger partial charge on any atom is -0.493 e. The van der Waals surface area contributed by atoms with Crippen LogP contribution in [0.15, 0.2) is 18.2 Å². The molecule has 1 saturated carbocycles. The Morgan fingerprint density at radius 3 is 2.50 bits per heavy atom. The molecular weight excluding hydrogens is 204 g/mol. The first kappa shape index (κ1) is 11.3. The lowest BCUT2D eigenvalue weighted by Crippen LogP contribution is -2.08. The maximum atomic E-state index is 10.3. The summed E-state index contributed by atoms with van der Waals surface area (Å²) in [6.45, 7) is 2.10. The van der Waals surface area contributed by atoms with E-state index in [2.05, 4.69) is 6.92 Å². The van der Waals surface area contributed by atoms with Gasteiger partial charge in [0.05, 0.1) is 19.8 Å². The molecule has 1 aliphatic rings. The van der Waals surface area contributed by atoms with Crippen molar-refractivity contribution in [1.29, 1.82) is 0 Å². The predicted molar refractivity (Wildman–Crippen MR) is 61.8 cm³/mol. The minimum atomic E-state index is -0.645. The Hall–Kier alpha value is -1.22. The van der Waals surface area contributed by atoms with Gasteiger partial charge in [-0.3, -0.25) is 0 Å². The van der Waals surface area contributed by atoms with Crippen molar-refractivity contribution in [2.45, 2.75) is 25.4 Å². The molecule has 16 heavy (non-hydrogen) atoms. The molecule has 0 spiro atoms. The average Bonchev–Trinajstić information content (AvgIpc) is 3.01. The number of benzene rings is 1. The fraction of sp³-hybridized carbons (Fsp3) is 0.538. The van der Waals surface area contributed by atoms with Crippen LogP contribution < -0.4 is 9.47 Å². The molecule has 0 saturated heterocycles. The van der Waals surface area contributed by atoms with Crippen LogP contribution in [-0.4, -0.2) is 19.3 Å². The molecule has 2 unspecified atom stereocenters. The van der Waals surface area contributed by atoms with Crippen LogP contribution in [0.25, 0.3) is 0 Å². The summed E-state index contributed by atoms with van der Waals surface area (Å²) in [5.41, 5.74) is 0.283. The van der Waals surface area contributed by atoms with Gasteiger partial charge in [-0.25, -0.2) is 0 Å². The first-order chi connectivity index (χ1) is 7.65. The van der Waals surface area contributed by atoms with Gasteiger partial charge in [-0.1, -0.05) is 19.4 Å². The van der Waals surface area contributed by atoms with E-state index in [1.807, 2.05) is 18.2 Å². The lowest BCUT2D eigenvalue weighted by atomic mass is 10.0. The van der Waals surface area contributed by atoms with Gasteiger partial charge < -0.3 is 14.6 Å². The zero-order valence-corrected chi connectivity index (χ0v) is 9.99. The largest absolute Gasteiger partial charge is 0.493 e. The third-order valence-electron chi connectivity index (χ3n) is 3.45. The average molecular weight is 222 g/mol. The summed E-state index contributed by atoms with van der Waals surface area (Å²) < 4.78 is 10.4. The van der Waals surface area contributed by atoms with Crippen LogP contribution in [0.1, 0.15) is 25.3 Å². The monoisotopic (exact) mass is 222 g/mol. The highest BCUT2D eigenvalue weighted by atomic mass is 16.5. The molecule has 1 aromatic rings. The minimum absolute atomic E-state index is 0.380. The second-order valence-corrected chi connectivity index (χ2v) is 4.30. The van der Waals surface area contributed by atoms with E-state index in [0.717, 1.165) is 18.4 Å². The van der Waals surface area contributed by atoms with Crippen molar-refractivity contribution in [1.82, 2.24) is 0 Å². The van der Waals surface area contributed by atoms with Gasteiger partial charge in [0.25, 0.3) is 0 Å². The Morgan fingerprint density at radius 2 is 2.00 bits per heavy atom. The van der Waals surface area contributed by atoms with Crippen molar-refractivity contribution < 1.29 is 14.6 Å². The molecule has 1 N–H and O–H groups in total. The summed E-state index contributed by atoms with van der Waals surface area (Å²) in [6, 6.07) is 5.63. The van der Waals surface area contributed by atoms with E-state index in [4.69, 9.17) is 9.47 Å². The molecule has 1 aliphatic carbocycles. The Labute approximate surface area is 96.0 Å². The molecule has 0 radical (unpaired) electrons. The standard InChI is InChI=1S/C13H18O3/c1-4-9-8-13(9,14)10-5-6-11(15-2)12(7-10)16-3/h5-7,9,14H,4,8H2,1-3H3.